The highest BCUT2D eigenvalue weighted by Crippen LogP contribution is 2.34. The third-order valence-corrected chi connectivity index (χ3v) is 5.86. The lowest BCUT2D eigenvalue weighted by Gasteiger charge is -2.21. The molecule has 4 heterocycles. The van der Waals surface area contributed by atoms with E-state index in [9.17, 15) is 0 Å². The maximum atomic E-state index is 5.94. The molecule has 5 rings (SSSR count). The van der Waals surface area contributed by atoms with E-state index in [0.717, 1.165) is 53.1 Å². The van der Waals surface area contributed by atoms with E-state index in [1.807, 2.05) is 51.1 Å². The molecule has 0 aliphatic carbocycles. The van der Waals surface area contributed by atoms with E-state index in [2.05, 4.69) is 33.3 Å². The monoisotopic (exact) mass is 414 g/mol. The summed E-state index contributed by atoms with van der Waals surface area (Å²) in [5, 5.41) is 8.62. The molecule has 1 aromatic carbocycles. The molecule has 31 heavy (non-hydrogen) atoms. The molecule has 1 aliphatic heterocycles. The summed E-state index contributed by atoms with van der Waals surface area (Å²) in [5.41, 5.74) is 11.1. The molecule has 1 saturated heterocycles. The summed E-state index contributed by atoms with van der Waals surface area (Å²) in [5.74, 6) is 2.15. The van der Waals surface area contributed by atoms with E-state index >= 15 is 0 Å². The molecule has 1 atom stereocenters. The minimum Gasteiger partial charge on any atom is -0.356 e. The summed E-state index contributed by atoms with van der Waals surface area (Å²) in [6.07, 6.45) is 10.7. The number of nitrogens with two attached hydrogens (primary N) is 1. The van der Waals surface area contributed by atoms with Gasteiger partial charge in [0.25, 0.3) is 0 Å². The van der Waals surface area contributed by atoms with Crippen LogP contribution in [0.25, 0.3) is 33.6 Å². The summed E-state index contributed by atoms with van der Waals surface area (Å²) in [6.45, 7) is 2.56. The van der Waals surface area contributed by atoms with Crippen LogP contribution in [0, 0.1) is 5.92 Å². The normalized spacial score (nSPS) is 16.2. The van der Waals surface area contributed by atoms with Crippen LogP contribution in [0.5, 0.6) is 0 Å². The van der Waals surface area contributed by atoms with Gasteiger partial charge in [0.15, 0.2) is 5.82 Å². The molecule has 1 aliphatic rings. The smallest absolute Gasteiger partial charge is 0.161 e. The van der Waals surface area contributed by atoms with E-state index in [1.165, 1.54) is 0 Å². The van der Waals surface area contributed by atoms with Crippen molar-refractivity contribution in [2.24, 2.45) is 25.7 Å². The van der Waals surface area contributed by atoms with E-state index in [-0.39, 0.29) is 0 Å². The molecule has 1 fully saturated rings. The van der Waals surface area contributed by atoms with Gasteiger partial charge in [-0.3, -0.25) is 9.36 Å². The summed E-state index contributed by atoms with van der Waals surface area (Å²) >= 11 is 0. The number of benzene rings is 1. The van der Waals surface area contributed by atoms with E-state index in [1.54, 1.807) is 9.36 Å². The number of nitrogens with zero attached hydrogens (tertiary/aromatic N) is 7. The number of hydrogen-bond donors (Lipinski definition) is 1. The third-order valence-electron chi connectivity index (χ3n) is 5.86. The Hall–Kier alpha value is -3.52. The maximum absolute atomic E-state index is 5.94. The van der Waals surface area contributed by atoms with Gasteiger partial charge in [-0.1, -0.05) is 18.2 Å². The predicted molar refractivity (Wildman–Crippen MR) is 121 cm³/mol. The second-order valence-electron chi connectivity index (χ2n) is 8.15. The van der Waals surface area contributed by atoms with Gasteiger partial charge in [0.05, 0.1) is 12.4 Å². The quantitative estimate of drug-likeness (QED) is 0.540. The zero-order valence-corrected chi connectivity index (χ0v) is 17.8. The highest BCUT2D eigenvalue weighted by molar-refractivity contribution is 5.77. The van der Waals surface area contributed by atoms with Crippen LogP contribution in [0.1, 0.15) is 6.42 Å². The number of rotatable bonds is 5. The van der Waals surface area contributed by atoms with Gasteiger partial charge < -0.3 is 10.6 Å². The number of aromatic nitrogens is 6. The Balaban J connectivity index is 1.57. The molecule has 0 saturated carbocycles. The van der Waals surface area contributed by atoms with Crippen molar-refractivity contribution in [3.63, 3.8) is 0 Å². The summed E-state index contributed by atoms with van der Waals surface area (Å²) in [7, 11) is 3.84. The van der Waals surface area contributed by atoms with Crippen molar-refractivity contribution in [1.29, 1.82) is 0 Å². The molecule has 8 heteroatoms. The summed E-state index contributed by atoms with van der Waals surface area (Å²) in [4.78, 5) is 12.1. The molecule has 0 amide bonds. The zero-order chi connectivity index (χ0) is 21.4. The first-order valence-corrected chi connectivity index (χ1v) is 10.5. The van der Waals surface area contributed by atoms with Crippen molar-refractivity contribution in [3.05, 3.63) is 55.2 Å². The van der Waals surface area contributed by atoms with Gasteiger partial charge in [0, 0.05) is 68.0 Å². The topological polar surface area (TPSA) is 90.7 Å². The zero-order valence-electron chi connectivity index (χ0n) is 17.8. The Bertz CT molecular complexity index is 1210. The van der Waals surface area contributed by atoms with E-state index in [4.69, 9.17) is 15.7 Å². The molecule has 3 aromatic heterocycles. The van der Waals surface area contributed by atoms with Crippen LogP contribution < -0.4 is 10.6 Å². The van der Waals surface area contributed by atoms with Gasteiger partial charge in [-0.25, -0.2) is 9.97 Å². The highest BCUT2D eigenvalue weighted by atomic mass is 15.2. The second-order valence-corrected chi connectivity index (χ2v) is 8.15. The Kier molecular flexibility index (Phi) is 4.99. The van der Waals surface area contributed by atoms with Gasteiger partial charge in [-0.05, 0) is 30.5 Å². The van der Waals surface area contributed by atoms with Gasteiger partial charge in [0.1, 0.15) is 5.82 Å². The van der Waals surface area contributed by atoms with Crippen LogP contribution in [0.2, 0.25) is 0 Å². The second kappa shape index (κ2) is 7.96. The van der Waals surface area contributed by atoms with Crippen molar-refractivity contribution >= 4 is 5.82 Å². The van der Waals surface area contributed by atoms with E-state index < -0.39 is 0 Å². The Morgan fingerprint density at radius 1 is 0.968 bits per heavy atom. The van der Waals surface area contributed by atoms with Gasteiger partial charge in [-0.2, -0.15) is 10.2 Å². The van der Waals surface area contributed by atoms with Crippen molar-refractivity contribution in [3.8, 4) is 33.6 Å². The Morgan fingerprint density at radius 2 is 1.71 bits per heavy atom. The number of anilines is 1. The maximum Gasteiger partial charge on any atom is 0.161 e. The van der Waals surface area contributed by atoms with Crippen LogP contribution in [-0.4, -0.2) is 49.2 Å². The third kappa shape index (κ3) is 3.82. The Labute approximate surface area is 181 Å². The van der Waals surface area contributed by atoms with Crippen LogP contribution in [0.15, 0.2) is 55.2 Å². The molecule has 0 bridgehead atoms. The molecule has 158 valence electrons. The minimum atomic E-state index is 0.495. The summed E-state index contributed by atoms with van der Waals surface area (Å²) in [6, 6.07) is 8.29. The Morgan fingerprint density at radius 3 is 2.39 bits per heavy atom. The number of hydrogen-bond acceptors (Lipinski definition) is 6. The average Bonchev–Trinajstić information content (AvgIpc) is 3.54. The molecular weight excluding hydrogens is 388 g/mol. The average molecular weight is 415 g/mol. The van der Waals surface area contributed by atoms with Gasteiger partial charge in [0.2, 0.25) is 0 Å². The van der Waals surface area contributed by atoms with Crippen LogP contribution in [-0.2, 0) is 14.1 Å². The molecule has 4 aromatic rings. The van der Waals surface area contributed by atoms with Crippen LogP contribution in [0.3, 0.4) is 0 Å². The lowest BCUT2D eigenvalue weighted by atomic mass is 10.1. The lowest BCUT2D eigenvalue weighted by molar-refractivity contribution is 0.602. The lowest BCUT2D eigenvalue weighted by Crippen LogP contribution is -2.24. The molecule has 2 N–H and O–H groups in total. The molecular formula is C23H26N8. The first kappa shape index (κ1) is 19.4. The van der Waals surface area contributed by atoms with Gasteiger partial charge >= 0.3 is 0 Å². The minimum absolute atomic E-state index is 0.495. The van der Waals surface area contributed by atoms with Crippen LogP contribution in [0.4, 0.5) is 5.82 Å². The summed E-state index contributed by atoms with van der Waals surface area (Å²) < 4.78 is 3.61. The fourth-order valence-corrected chi connectivity index (χ4v) is 4.14. The first-order chi connectivity index (χ1) is 15.1. The standard InChI is InChI=1S/C23H26N8/c1-29-14-19(10-26-29)17-4-3-5-18(8-17)22-25-12-21(20-11-27-30(2)15-20)23(28-22)31-7-6-16(9-24)13-31/h3-5,8,10-12,14-16H,6-7,9,13,24H2,1-2H3. The molecule has 1 unspecified atom stereocenters. The fraction of sp³-hybridized carbons (Fsp3) is 0.304. The molecule has 0 radical (unpaired) electrons. The SMILES string of the molecule is Cn1cc(-c2cccc(-c3ncc(-c4cnn(C)c4)c(N4CCC(CN)C4)n3)c2)cn1. The van der Waals surface area contributed by atoms with Crippen molar-refractivity contribution in [2.75, 3.05) is 24.5 Å². The van der Waals surface area contributed by atoms with Gasteiger partial charge in [-0.15, -0.1) is 0 Å². The highest BCUT2D eigenvalue weighted by Gasteiger charge is 2.26. The van der Waals surface area contributed by atoms with Crippen molar-refractivity contribution in [1.82, 2.24) is 29.5 Å². The molecule has 0 spiro atoms. The number of aryl methyl sites for hydroxylation is 2. The largest absolute Gasteiger partial charge is 0.356 e. The first-order valence-electron chi connectivity index (χ1n) is 10.5. The van der Waals surface area contributed by atoms with Crippen LogP contribution >= 0.6 is 0 Å². The van der Waals surface area contributed by atoms with Crippen molar-refractivity contribution < 1.29 is 0 Å². The van der Waals surface area contributed by atoms with E-state index in [0.29, 0.717) is 18.3 Å². The fourth-order valence-electron chi connectivity index (χ4n) is 4.14. The van der Waals surface area contributed by atoms with Crippen molar-refractivity contribution in [2.45, 2.75) is 6.42 Å². The molecule has 8 nitrogen and oxygen atoms in total. The predicted octanol–water partition coefficient (Wildman–Crippen LogP) is 2.73.